The first-order valence-corrected chi connectivity index (χ1v) is 6.35. The van der Waals surface area contributed by atoms with Crippen molar-refractivity contribution in [1.82, 2.24) is 0 Å². The summed E-state index contributed by atoms with van der Waals surface area (Å²) in [5.74, 6) is 0.455. The SMILES string of the molecule is C1=CC(c2cc3ccc4ccccc4c3[cH-]2)C=C1.[Cl-].[Cl-].[Zr+3]. The summed E-state index contributed by atoms with van der Waals surface area (Å²) in [5, 5.41) is 5.39. The Morgan fingerprint density at radius 3 is 2.24 bits per heavy atom. The van der Waals surface area contributed by atoms with Gasteiger partial charge in [-0.1, -0.05) is 65.4 Å². The van der Waals surface area contributed by atoms with Crippen LogP contribution in [0.3, 0.4) is 0 Å². The van der Waals surface area contributed by atoms with Crippen molar-refractivity contribution >= 4 is 21.5 Å². The predicted octanol–water partition coefficient (Wildman–Crippen LogP) is -1.07. The van der Waals surface area contributed by atoms with E-state index in [4.69, 9.17) is 0 Å². The molecule has 0 N–H and O–H groups in total. The predicted molar refractivity (Wildman–Crippen MR) is 78.1 cm³/mol. The number of rotatable bonds is 1. The molecule has 3 aromatic carbocycles. The molecule has 21 heavy (non-hydrogen) atoms. The van der Waals surface area contributed by atoms with Crippen molar-refractivity contribution in [1.29, 1.82) is 0 Å². The Balaban J connectivity index is 0.000000735. The maximum absolute atomic E-state index is 2.34. The topological polar surface area (TPSA) is 0 Å². The van der Waals surface area contributed by atoms with Gasteiger partial charge in [0.1, 0.15) is 0 Å². The van der Waals surface area contributed by atoms with Crippen molar-refractivity contribution in [3.8, 4) is 0 Å². The van der Waals surface area contributed by atoms with Gasteiger partial charge in [-0.15, -0.1) is 28.5 Å². The average molecular weight is 391 g/mol. The van der Waals surface area contributed by atoms with E-state index >= 15 is 0 Å². The van der Waals surface area contributed by atoms with E-state index in [2.05, 4.69) is 72.8 Å². The molecule has 0 heterocycles. The molecular weight excluding hydrogens is 378 g/mol. The molecule has 1 aliphatic rings. The van der Waals surface area contributed by atoms with Crippen molar-refractivity contribution in [2.45, 2.75) is 5.92 Å². The normalized spacial score (nSPS) is 13.0. The molecule has 1 radical (unpaired) electrons. The zero-order valence-electron chi connectivity index (χ0n) is 11.3. The van der Waals surface area contributed by atoms with Gasteiger partial charge in [0.25, 0.3) is 0 Å². The van der Waals surface area contributed by atoms with Crippen molar-refractivity contribution in [3.63, 3.8) is 0 Å². The van der Waals surface area contributed by atoms with Crippen LogP contribution in [0.25, 0.3) is 21.5 Å². The standard InChI is InChI=1S/C18H13.2ClH.Zr/c1-2-6-13(5-1)16-11-15-10-9-14-7-3-4-8-17(14)18(15)12-16;;;/h1-13H;2*1H;/q-1;;;+3/p-2. The Morgan fingerprint density at radius 2 is 1.48 bits per heavy atom. The molecule has 0 aliphatic heterocycles. The van der Waals surface area contributed by atoms with Gasteiger partial charge in [0.05, 0.1) is 0 Å². The van der Waals surface area contributed by atoms with Crippen LogP contribution < -0.4 is 24.8 Å². The molecule has 0 fully saturated rings. The first-order valence-electron chi connectivity index (χ1n) is 6.35. The van der Waals surface area contributed by atoms with Crippen LogP contribution in [0.2, 0.25) is 0 Å². The van der Waals surface area contributed by atoms with Gasteiger partial charge < -0.3 is 24.8 Å². The zero-order valence-corrected chi connectivity index (χ0v) is 15.2. The van der Waals surface area contributed by atoms with Gasteiger partial charge >= 0.3 is 26.2 Å². The van der Waals surface area contributed by atoms with Crippen LogP contribution in [-0.2, 0) is 26.2 Å². The van der Waals surface area contributed by atoms with Crippen LogP contribution in [0.15, 0.2) is 72.8 Å². The molecule has 0 unspecified atom stereocenters. The third-order valence-electron chi connectivity index (χ3n) is 3.77. The number of allylic oxidation sites excluding steroid dienone is 4. The number of hydrogen-bond acceptors (Lipinski definition) is 0. The number of benzene rings is 2. The van der Waals surface area contributed by atoms with Crippen molar-refractivity contribution in [3.05, 3.63) is 78.4 Å². The fourth-order valence-electron chi connectivity index (χ4n) is 2.83. The molecule has 0 bridgehead atoms. The van der Waals surface area contributed by atoms with E-state index in [-0.39, 0.29) is 51.0 Å². The summed E-state index contributed by atoms with van der Waals surface area (Å²) in [6.07, 6.45) is 8.74. The van der Waals surface area contributed by atoms with Crippen molar-refractivity contribution < 1.29 is 51.0 Å². The maximum Gasteiger partial charge on any atom is 3.00 e. The van der Waals surface area contributed by atoms with E-state index in [1.807, 2.05) is 0 Å². The third kappa shape index (κ3) is 3.21. The van der Waals surface area contributed by atoms with Gasteiger partial charge in [0.15, 0.2) is 0 Å². The molecule has 3 aromatic rings. The first kappa shape index (κ1) is 18.3. The van der Waals surface area contributed by atoms with Gasteiger partial charge in [-0.3, -0.25) is 0 Å². The molecule has 0 atom stereocenters. The van der Waals surface area contributed by atoms with E-state index in [1.165, 1.54) is 27.1 Å². The minimum atomic E-state index is 0. The third-order valence-corrected chi connectivity index (χ3v) is 3.77. The van der Waals surface area contributed by atoms with Crippen LogP contribution in [0, 0.1) is 0 Å². The van der Waals surface area contributed by atoms with E-state index < -0.39 is 0 Å². The van der Waals surface area contributed by atoms with Crippen LogP contribution in [-0.4, -0.2) is 0 Å². The van der Waals surface area contributed by atoms with E-state index in [9.17, 15) is 0 Å². The molecule has 0 amide bonds. The fourth-order valence-corrected chi connectivity index (χ4v) is 2.83. The molecule has 0 saturated heterocycles. The van der Waals surface area contributed by atoms with Gasteiger partial charge in [-0.25, -0.2) is 0 Å². The van der Waals surface area contributed by atoms with Crippen LogP contribution in [0.5, 0.6) is 0 Å². The van der Waals surface area contributed by atoms with E-state index in [0.29, 0.717) is 5.92 Å². The zero-order chi connectivity index (χ0) is 11.9. The minimum Gasteiger partial charge on any atom is -1.00 e. The summed E-state index contributed by atoms with van der Waals surface area (Å²) in [5.41, 5.74) is 1.39. The summed E-state index contributed by atoms with van der Waals surface area (Å²) in [7, 11) is 0. The largest absolute Gasteiger partial charge is 3.00 e. The van der Waals surface area contributed by atoms with Crippen LogP contribution >= 0.6 is 0 Å². The van der Waals surface area contributed by atoms with Gasteiger partial charge in [0, 0.05) is 5.92 Å². The fraction of sp³-hybridized carbons (Fsp3) is 0.0556. The Kier molecular flexibility index (Phi) is 6.53. The second-order valence-electron chi connectivity index (χ2n) is 4.87. The Hall–Kier alpha value is -0.747. The minimum absolute atomic E-state index is 0. The maximum atomic E-state index is 2.34. The van der Waals surface area contributed by atoms with Gasteiger partial charge in [-0.2, -0.15) is 6.07 Å². The molecule has 3 heteroatoms. The quantitative estimate of drug-likeness (QED) is 0.464. The molecule has 0 spiro atoms. The summed E-state index contributed by atoms with van der Waals surface area (Å²) in [6, 6.07) is 17.7. The Labute approximate surface area is 156 Å². The van der Waals surface area contributed by atoms with Gasteiger partial charge in [-0.05, 0) is 0 Å². The van der Waals surface area contributed by atoms with Crippen molar-refractivity contribution in [2.75, 3.05) is 0 Å². The molecule has 1 aliphatic carbocycles. The van der Waals surface area contributed by atoms with Crippen LogP contribution in [0.1, 0.15) is 11.5 Å². The average Bonchev–Trinajstić information content (AvgIpc) is 3.07. The summed E-state index contributed by atoms with van der Waals surface area (Å²) in [4.78, 5) is 0. The molecular formula is C18H13Cl2Zr. The second-order valence-corrected chi connectivity index (χ2v) is 4.87. The van der Waals surface area contributed by atoms with Crippen LogP contribution in [0.4, 0.5) is 0 Å². The van der Waals surface area contributed by atoms with E-state index in [0.717, 1.165) is 0 Å². The molecule has 103 valence electrons. The van der Waals surface area contributed by atoms with E-state index in [1.54, 1.807) is 0 Å². The molecule has 0 nitrogen and oxygen atoms in total. The molecule has 0 aromatic heterocycles. The number of fused-ring (bicyclic) bond motifs is 3. The summed E-state index contributed by atoms with van der Waals surface area (Å²) < 4.78 is 0. The smallest absolute Gasteiger partial charge is 1.00 e. The summed E-state index contributed by atoms with van der Waals surface area (Å²) in [6.45, 7) is 0. The number of halogens is 2. The molecule has 4 rings (SSSR count). The first-order chi connectivity index (χ1) is 8.92. The van der Waals surface area contributed by atoms with Crippen molar-refractivity contribution in [2.24, 2.45) is 0 Å². The monoisotopic (exact) mass is 389 g/mol. The Bertz CT molecular complexity index is 787. The Morgan fingerprint density at radius 1 is 0.810 bits per heavy atom. The van der Waals surface area contributed by atoms with Gasteiger partial charge in [0.2, 0.25) is 0 Å². The summed E-state index contributed by atoms with van der Waals surface area (Å²) >= 11 is 0. The second kappa shape index (κ2) is 7.50. The molecule has 0 saturated carbocycles. The number of hydrogen-bond donors (Lipinski definition) is 0.